The largest absolute Gasteiger partial charge is 0.467 e. The van der Waals surface area contributed by atoms with Gasteiger partial charge in [0.25, 0.3) is 5.56 Å². The fourth-order valence-electron chi connectivity index (χ4n) is 1.25. The summed E-state index contributed by atoms with van der Waals surface area (Å²) in [5.74, 6) is 1.10. The van der Waals surface area contributed by atoms with E-state index >= 15 is 0 Å². The van der Waals surface area contributed by atoms with E-state index in [-0.39, 0.29) is 5.56 Å². The van der Waals surface area contributed by atoms with E-state index in [1.165, 1.54) is 13.1 Å². The van der Waals surface area contributed by atoms with Crippen LogP contribution in [0.1, 0.15) is 5.76 Å². The molecule has 0 saturated heterocycles. The van der Waals surface area contributed by atoms with Crippen molar-refractivity contribution in [2.24, 2.45) is 7.05 Å². The maximum Gasteiger partial charge on any atom is 0.329 e. The van der Waals surface area contributed by atoms with Crippen molar-refractivity contribution in [2.45, 2.75) is 6.54 Å². The summed E-state index contributed by atoms with van der Waals surface area (Å²) in [6.45, 7) is 0.413. The number of H-pyrrole nitrogens is 1. The first-order valence-electron chi connectivity index (χ1n) is 4.73. The van der Waals surface area contributed by atoms with Crippen LogP contribution in [-0.2, 0) is 13.6 Å². The van der Waals surface area contributed by atoms with Crippen LogP contribution in [0.4, 0.5) is 5.82 Å². The predicted octanol–water partition coefficient (Wildman–Crippen LogP) is 0.279. The van der Waals surface area contributed by atoms with Gasteiger partial charge in [-0.25, -0.2) is 4.79 Å². The molecule has 6 heteroatoms. The summed E-state index contributed by atoms with van der Waals surface area (Å²) >= 11 is 0. The van der Waals surface area contributed by atoms with Crippen LogP contribution in [0.2, 0.25) is 0 Å². The first kappa shape index (κ1) is 10.3. The van der Waals surface area contributed by atoms with Crippen LogP contribution >= 0.6 is 0 Å². The summed E-state index contributed by atoms with van der Waals surface area (Å²) in [7, 11) is 1.41. The molecule has 0 atom stereocenters. The van der Waals surface area contributed by atoms with E-state index in [4.69, 9.17) is 4.42 Å². The molecule has 6 nitrogen and oxygen atoms in total. The lowest BCUT2D eigenvalue weighted by Gasteiger charge is -2.04. The molecule has 2 aromatic rings. The second-order valence-electron chi connectivity index (χ2n) is 3.32. The zero-order valence-corrected chi connectivity index (χ0v) is 8.69. The topological polar surface area (TPSA) is 80.0 Å². The van der Waals surface area contributed by atoms with Crippen LogP contribution in [0.5, 0.6) is 0 Å². The fraction of sp³-hybridized carbons (Fsp3) is 0.200. The predicted molar refractivity (Wildman–Crippen MR) is 58.3 cm³/mol. The molecule has 2 aromatic heterocycles. The molecule has 0 fully saturated rings. The standard InChI is InChI=1S/C10H11N3O3/c1-13-9(14)5-8(12-10(13)15)11-6-7-3-2-4-16-7/h2-5,11H,6H2,1H3,(H,12,15). The molecule has 0 amide bonds. The lowest BCUT2D eigenvalue weighted by Crippen LogP contribution is -2.32. The first-order chi connectivity index (χ1) is 7.66. The molecule has 0 aromatic carbocycles. The second-order valence-corrected chi connectivity index (χ2v) is 3.32. The highest BCUT2D eigenvalue weighted by atomic mass is 16.3. The minimum atomic E-state index is -0.450. The highest BCUT2D eigenvalue weighted by molar-refractivity contribution is 5.32. The summed E-state index contributed by atoms with van der Waals surface area (Å²) in [4.78, 5) is 25.1. The van der Waals surface area contributed by atoms with E-state index < -0.39 is 5.69 Å². The number of rotatable bonds is 3. The van der Waals surface area contributed by atoms with E-state index in [0.717, 1.165) is 10.3 Å². The quantitative estimate of drug-likeness (QED) is 0.780. The number of nitrogens with one attached hydrogen (secondary N) is 2. The third-order valence-electron chi connectivity index (χ3n) is 2.18. The molecule has 84 valence electrons. The summed E-state index contributed by atoms with van der Waals surface area (Å²) in [5.41, 5.74) is -0.805. The van der Waals surface area contributed by atoms with Crippen molar-refractivity contribution in [3.63, 3.8) is 0 Å². The summed E-state index contributed by atoms with van der Waals surface area (Å²) in [5, 5.41) is 2.89. The summed E-state index contributed by atoms with van der Waals surface area (Å²) in [6.07, 6.45) is 1.56. The Hall–Kier alpha value is -2.24. The number of hydrogen-bond acceptors (Lipinski definition) is 4. The van der Waals surface area contributed by atoms with Gasteiger partial charge in [0, 0.05) is 13.1 Å². The molecule has 0 aliphatic heterocycles. The van der Waals surface area contributed by atoms with Gasteiger partial charge in [-0.3, -0.25) is 14.3 Å². The van der Waals surface area contributed by atoms with Crippen LogP contribution in [0.3, 0.4) is 0 Å². The Labute approximate surface area is 90.5 Å². The van der Waals surface area contributed by atoms with Gasteiger partial charge >= 0.3 is 5.69 Å². The van der Waals surface area contributed by atoms with Crippen LogP contribution in [0.25, 0.3) is 0 Å². The Kier molecular flexibility index (Phi) is 2.63. The number of furan rings is 1. The SMILES string of the molecule is Cn1c(=O)cc(NCc2ccco2)[nH]c1=O. The maximum absolute atomic E-state index is 11.3. The molecule has 0 unspecified atom stereocenters. The second kappa shape index (κ2) is 4.09. The minimum absolute atomic E-state index is 0.356. The van der Waals surface area contributed by atoms with Crippen molar-refractivity contribution in [1.82, 2.24) is 9.55 Å². The number of hydrogen-bond donors (Lipinski definition) is 2. The lowest BCUT2D eigenvalue weighted by atomic mass is 10.4. The number of aromatic amines is 1. The van der Waals surface area contributed by atoms with Gasteiger partial charge in [0.15, 0.2) is 0 Å². The van der Waals surface area contributed by atoms with E-state index in [9.17, 15) is 9.59 Å². The monoisotopic (exact) mass is 221 g/mol. The Balaban J connectivity index is 2.17. The number of anilines is 1. The Bertz CT molecular complexity index is 549. The zero-order valence-electron chi connectivity index (χ0n) is 8.69. The van der Waals surface area contributed by atoms with Gasteiger partial charge < -0.3 is 9.73 Å². The molecule has 2 N–H and O–H groups in total. The molecule has 0 aliphatic carbocycles. The van der Waals surface area contributed by atoms with Crippen molar-refractivity contribution in [3.05, 3.63) is 51.1 Å². The minimum Gasteiger partial charge on any atom is -0.467 e. The van der Waals surface area contributed by atoms with E-state index in [0.29, 0.717) is 12.4 Å². The normalized spacial score (nSPS) is 10.3. The van der Waals surface area contributed by atoms with Crippen molar-refractivity contribution in [2.75, 3.05) is 5.32 Å². The maximum atomic E-state index is 11.3. The van der Waals surface area contributed by atoms with Gasteiger partial charge in [-0.05, 0) is 12.1 Å². The van der Waals surface area contributed by atoms with E-state index in [1.54, 1.807) is 18.4 Å². The number of nitrogens with zero attached hydrogens (tertiary/aromatic N) is 1. The Morgan fingerprint density at radius 3 is 2.94 bits per heavy atom. The average molecular weight is 221 g/mol. The fourth-order valence-corrected chi connectivity index (χ4v) is 1.25. The molecule has 0 saturated carbocycles. The Morgan fingerprint density at radius 2 is 2.31 bits per heavy atom. The highest BCUT2D eigenvalue weighted by Gasteiger charge is 2.01. The van der Waals surface area contributed by atoms with Gasteiger partial charge in [-0.2, -0.15) is 0 Å². The van der Waals surface area contributed by atoms with Crippen LogP contribution in [0, 0.1) is 0 Å². The van der Waals surface area contributed by atoms with E-state index in [1.807, 2.05) is 0 Å². The third kappa shape index (κ3) is 2.05. The molecule has 0 spiro atoms. The first-order valence-corrected chi connectivity index (χ1v) is 4.73. The van der Waals surface area contributed by atoms with Crippen molar-refractivity contribution in [1.29, 1.82) is 0 Å². The molecule has 0 aliphatic rings. The van der Waals surface area contributed by atoms with E-state index in [2.05, 4.69) is 10.3 Å². The number of aromatic nitrogens is 2. The smallest absolute Gasteiger partial charge is 0.329 e. The molecule has 0 bridgehead atoms. The van der Waals surface area contributed by atoms with Crippen molar-refractivity contribution >= 4 is 5.82 Å². The molecular weight excluding hydrogens is 210 g/mol. The van der Waals surface area contributed by atoms with Gasteiger partial charge in [0.2, 0.25) is 0 Å². The summed E-state index contributed by atoms with van der Waals surface area (Å²) in [6, 6.07) is 4.89. The van der Waals surface area contributed by atoms with Gasteiger partial charge in [-0.1, -0.05) is 0 Å². The Morgan fingerprint density at radius 1 is 1.50 bits per heavy atom. The van der Waals surface area contributed by atoms with Crippen molar-refractivity contribution in [3.8, 4) is 0 Å². The van der Waals surface area contributed by atoms with Crippen molar-refractivity contribution < 1.29 is 4.42 Å². The third-order valence-corrected chi connectivity index (χ3v) is 2.18. The molecule has 16 heavy (non-hydrogen) atoms. The highest BCUT2D eigenvalue weighted by Crippen LogP contribution is 2.03. The average Bonchev–Trinajstić information content (AvgIpc) is 2.75. The van der Waals surface area contributed by atoms with Gasteiger partial charge in [-0.15, -0.1) is 0 Å². The lowest BCUT2D eigenvalue weighted by molar-refractivity contribution is 0.517. The van der Waals surface area contributed by atoms with Gasteiger partial charge in [0.1, 0.15) is 11.6 Å². The van der Waals surface area contributed by atoms with Crippen LogP contribution in [0.15, 0.2) is 38.5 Å². The van der Waals surface area contributed by atoms with Gasteiger partial charge in [0.05, 0.1) is 12.8 Å². The molecular formula is C10H11N3O3. The molecule has 0 radical (unpaired) electrons. The summed E-state index contributed by atoms with van der Waals surface area (Å²) < 4.78 is 6.10. The van der Waals surface area contributed by atoms with Crippen LogP contribution < -0.4 is 16.6 Å². The molecule has 2 rings (SSSR count). The zero-order chi connectivity index (χ0) is 11.5. The molecule has 2 heterocycles. The van der Waals surface area contributed by atoms with Crippen LogP contribution in [-0.4, -0.2) is 9.55 Å².